The summed E-state index contributed by atoms with van der Waals surface area (Å²) in [7, 11) is 0. The monoisotopic (exact) mass is 342 g/mol. The predicted octanol–water partition coefficient (Wildman–Crippen LogP) is 2.15. The van der Waals surface area contributed by atoms with Gasteiger partial charge in [0.15, 0.2) is 0 Å². The molecule has 1 saturated heterocycles. The van der Waals surface area contributed by atoms with Crippen molar-refractivity contribution < 1.29 is 5.11 Å². The number of nitrogens with zero attached hydrogens (tertiary/aromatic N) is 3. The Kier molecular flexibility index (Phi) is 5.35. The first kappa shape index (κ1) is 15.7. The Morgan fingerprint density at radius 2 is 2.20 bits per heavy atom. The Morgan fingerprint density at radius 3 is 2.80 bits per heavy atom. The zero-order chi connectivity index (χ0) is 14.7. The van der Waals surface area contributed by atoms with Crippen LogP contribution in [-0.2, 0) is 0 Å². The highest BCUT2D eigenvalue weighted by molar-refractivity contribution is 9.10. The van der Waals surface area contributed by atoms with Crippen molar-refractivity contribution in [1.29, 1.82) is 0 Å². The van der Waals surface area contributed by atoms with Crippen molar-refractivity contribution >= 4 is 21.7 Å². The summed E-state index contributed by atoms with van der Waals surface area (Å²) < 4.78 is 0.934. The van der Waals surface area contributed by atoms with Crippen LogP contribution in [0.25, 0.3) is 0 Å². The summed E-state index contributed by atoms with van der Waals surface area (Å²) in [5, 5.41) is 12.9. The van der Waals surface area contributed by atoms with E-state index in [1.165, 1.54) is 0 Å². The minimum absolute atomic E-state index is 0.157. The summed E-state index contributed by atoms with van der Waals surface area (Å²) in [5.74, 6) is 2.04. The number of nitrogens with one attached hydrogen (secondary N) is 1. The predicted molar refractivity (Wildman–Crippen MR) is 84.1 cm³/mol. The van der Waals surface area contributed by atoms with Gasteiger partial charge in [0.05, 0.1) is 16.3 Å². The van der Waals surface area contributed by atoms with Gasteiger partial charge in [0.2, 0.25) is 0 Å². The van der Waals surface area contributed by atoms with Gasteiger partial charge in [-0.1, -0.05) is 13.8 Å². The van der Waals surface area contributed by atoms with Gasteiger partial charge in [0.25, 0.3) is 0 Å². The lowest BCUT2D eigenvalue weighted by atomic mass is 10.2. The number of halogens is 1. The Bertz CT molecular complexity index is 467. The third-order valence-electron chi connectivity index (χ3n) is 3.52. The number of anilines is 1. The largest absolute Gasteiger partial charge is 0.392 e. The van der Waals surface area contributed by atoms with E-state index >= 15 is 0 Å². The van der Waals surface area contributed by atoms with E-state index in [0.717, 1.165) is 54.4 Å². The smallest absolute Gasteiger partial charge is 0.144 e. The molecule has 1 atom stereocenters. The molecule has 2 N–H and O–H groups in total. The summed E-state index contributed by atoms with van der Waals surface area (Å²) in [6, 6.07) is 0. The van der Waals surface area contributed by atoms with E-state index in [0.29, 0.717) is 5.92 Å². The second-order valence-electron chi connectivity index (χ2n) is 5.65. The maximum atomic E-state index is 9.50. The number of hydrogen-bond donors (Lipinski definition) is 2. The van der Waals surface area contributed by atoms with Crippen LogP contribution in [0.5, 0.6) is 0 Å². The zero-order valence-corrected chi connectivity index (χ0v) is 13.9. The molecule has 1 aliphatic rings. The molecule has 1 aliphatic heterocycles. The van der Waals surface area contributed by atoms with Crippen LogP contribution in [0.4, 0.5) is 5.82 Å². The van der Waals surface area contributed by atoms with Crippen molar-refractivity contribution in [3.63, 3.8) is 0 Å². The number of aliphatic hydroxyl groups is 1. The van der Waals surface area contributed by atoms with E-state index in [2.05, 4.69) is 50.0 Å². The number of aryl methyl sites for hydroxylation is 1. The molecule has 2 rings (SSSR count). The van der Waals surface area contributed by atoms with E-state index in [4.69, 9.17) is 0 Å². The third-order valence-corrected chi connectivity index (χ3v) is 4.47. The fourth-order valence-corrected chi connectivity index (χ4v) is 2.62. The summed E-state index contributed by atoms with van der Waals surface area (Å²) in [6.45, 7) is 9.67. The fraction of sp³-hybridized carbons (Fsp3) is 0.714. The van der Waals surface area contributed by atoms with Crippen molar-refractivity contribution in [2.75, 3.05) is 31.5 Å². The Morgan fingerprint density at radius 1 is 1.45 bits per heavy atom. The average Bonchev–Trinajstić information content (AvgIpc) is 2.80. The van der Waals surface area contributed by atoms with Crippen molar-refractivity contribution in [3.05, 3.63) is 16.0 Å². The first-order chi connectivity index (χ1) is 9.47. The molecule has 1 aromatic heterocycles. The number of hydrogen-bond acceptors (Lipinski definition) is 5. The molecule has 5 nitrogen and oxygen atoms in total. The number of β-amino-alcohol motifs (C(OH)–C–C–N with tert-alkyl or cyclic N) is 1. The molecule has 2 heterocycles. The summed E-state index contributed by atoms with van der Waals surface area (Å²) in [6.07, 6.45) is 0.726. The summed E-state index contributed by atoms with van der Waals surface area (Å²) >= 11 is 3.55. The molecule has 0 saturated carbocycles. The molecular weight excluding hydrogens is 320 g/mol. The molecule has 0 unspecified atom stereocenters. The molecule has 0 aliphatic carbocycles. The van der Waals surface area contributed by atoms with Gasteiger partial charge in [-0.05, 0) is 29.3 Å². The van der Waals surface area contributed by atoms with Gasteiger partial charge >= 0.3 is 0 Å². The second kappa shape index (κ2) is 6.83. The number of rotatable bonds is 5. The molecule has 0 aromatic carbocycles. The number of likely N-dealkylation sites (tertiary alicyclic amines) is 1. The molecule has 20 heavy (non-hydrogen) atoms. The normalized spacial score (nSPS) is 19.8. The Balaban J connectivity index is 1.95. The lowest BCUT2D eigenvalue weighted by Crippen LogP contribution is -2.28. The quantitative estimate of drug-likeness (QED) is 0.858. The first-order valence-electron chi connectivity index (χ1n) is 7.15. The van der Waals surface area contributed by atoms with E-state index in [1.807, 2.05) is 6.92 Å². The number of aliphatic hydroxyl groups excluding tert-OH is 1. The van der Waals surface area contributed by atoms with Crippen LogP contribution < -0.4 is 5.32 Å². The van der Waals surface area contributed by atoms with Crippen molar-refractivity contribution in [1.82, 2.24) is 14.9 Å². The highest BCUT2D eigenvalue weighted by Gasteiger charge is 2.19. The van der Waals surface area contributed by atoms with E-state index < -0.39 is 0 Å². The lowest BCUT2D eigenvalue weighted by molar-refractivity contribution is 0.177. The Hall–Kier alpha value is -0.720. The second-order valence-corrected chi connectivity index (χ2v) is 6.45. The van der Waals surface area contributed by atoms with Crippen LogP contribution in [0.1, 0.15) is 37.7 Å². The topological polar surface area (TPSA) is 61.3 Å². The highest BCUT2D eigenvalue weighted by atomic mass is 79.9. The van der Waals surface area contributed by atoms with E-state index in [-0.39, 0.29) is 6.10 Å². The maximum absolute atomic E-state index is 9.50. The molecule has 0 spiro atoms. The molecule has 1 fully saturated rings. The van der Waals surface area contributed by atoms with Crippen LogP contribution in [0.2, 0.25) is 0 Å². The number of aromatic nitrogens is 2. The van der Waals surface area contributed by atoms with Crippen LogP contribution in [0.15, 0.2) is 4.47 Å². The molecule has 6 heteroatoms. The van der Waals surface area contributed by atoms with Crippen LogP contribution in [0.3, 0.4) is 0 Å². The van der Waals surface area contributed by atoms with E-state index in [1.54, 1.807) is 0 Å². The van der Waals surface area contributed by atoms with Crippen molar-refractivity contribution in [3.8, 4) is 0 Å². The van der Waals surface area contributed by atoms with Crippen LogP contribution in [0, 0.1) is 6.92 Å². The minimum Gasteiger partial charge on any atom is -0.392 e. The van der Waals surface area contributed by atoms with Gasteiger partial charge in [-0.2, -0.15) is 0 Å². The molecule has 0 bridgehead atoms. The van der Waals surface area contributed by atoms with Crippen molar-refractivity contribution in [2.24, 2.45) is 0 Å². The standard InChI is InChI=1S/C14H23BrN4O/c1-9(2)13-17-10(3)12(15)14(18-13)16-5-7-19-6-4-11(20)8-19/h9,11,20H,4-8H2,1-3H3,(H,16,17,18)/t11-/m1/s1. The van der Waals surface area contributed by atoms with Crippen LogP contribution in [-0.4, -0.2) is 52.3 Å². The minimum atomic E-state index is -0.157. The SMILES string of the molecule is Cc1nc(C(C)C)nc(NCCN2CC[C@@H](O)C2)c1Br. The third kappa shape index (κ3) is 3.90. The molecule has 112 valence electrons. The molecule has 1 aromatic rings. The van der Waals surface area contributed by atoms with Gasteiger partial charge in [0, 0.05) is 32.1 Å². The van der Waals surface area contributed by atoms with Crippen molar-refractivity contribution in [2.45, 2.75) is 39.2 Å². The summed E-state index contributed by atoms with van der Waals surface area (Å²) in [5.41, 5.74) is 0.961. The molecule has 0 amide bonds. The average molecular weight is 343 g/mol. The first-order valence-corrected chi connectivity index (χ1v) is 7.95. The summed E-state index contributed by atoms with van der Waals surface area (Å²) in [4.78, 5) is 11.3. The highest BCUT2D eigenvalue weighted by Crippen LogP contribution is 2.25. The van der Waals surface area contributed by atoms with Gasteiger partial charge in [-0.15, -0.1) is 0 Å². The fourth-order valence-electron chi connectivity index (χ4n) is 2.30. The van der Waals surface area contributed by atoms with Gasteiger partial charge < -0.3 is 10.4 Å². The van der Waals surface area contributed by atoms with Gasteiger partial charge in [-0.3, -0.25) is 4.90 Å². The zero-order valence-electron chi connectivity index (χ0n) is 12.4. The van der Waals surface area contributed by atoms with Gasteiger partial charge in [0.1, 0.15) is 11.6 Å². The van der Waals surface area contributed by atoms with Gasteiger partial charge in [-0.25, -0.2) is 9.97 Å². The van der Waals surface area contributed by atoms with E-state index in [9.17, 15) is 5.11 Å². The lowest BCUT2D eigenvalue weighted by Gasteiger charge is -2.17. The van der Waals surface area contributed by atoms with Crippen LogP contribution >= 0.6 is 15.9 Å². The molecule has 0 radical (unpaired) electrons. The maximum Gasteiger partial charge on any atom is 0.144 e. The Labute approximate surface area is 128 Å². The molecular formula is C14H23BrN4O.